The van der Waals surface area contributed by atoms with Gasteiger partial charge in [-0.25, -0.2) is 8.78 Å². The van der Waals surface area contributed by atoms with Crippen LogP contribution in [0.2, 0.25) is 0 Å². The molecule has 0 aliphatic heterocycles. The van der Waals surface area contributed by atoms with E-state index < -0.39 is 11.6 Å². The van der Waals surface area contributed by atoms with E-state index in [0.29, 0.717) is 10.5 Å². The first kappa shape index (κ1) is 13.7. The number of ketones is 1. The number of rotatable bonds is 4. The van der Waals surface area contributed by atoms with Crippen molar-refractivity contribution in [2.45, 2.75) is 11.8 Å². The van der Waals surface area contributed by atoms with Gasteiger partial charge in [-0.05, 0) is 25.1 Å². The largest absolute Gasteiger partial charge is 0.293 e. The maximum absolute atomic E-state index is 13.0. The molecule has 0 saturated heterocycles. The minimum atomic E-state index is -0.896. The summed E-state index contributed by atoms with van der Waals surface area (Å²) in [6.45, 7) is 1.95. The lowest BCUT2D eigenvalue weighted by atomic mass is 10.1. The Hall–Kier alpha value is -1.68. The molecule has 2 aromatic carbocycles. The maximum atomic E-state index is 13.0. The smallest absolute Gasteiger partial charge is 0.173 e. The SMILES string of the molecule is Cc1ccc(C(=O)CSc2ccc(F)c(F)c2)cc1. The van der Waals surface area contributed by atoms with Crippen molar-refractivity contribution >= 4 is 17.5 Å². The number of carbonyl (C=O) groups excluding carboxylic acids is 1. The Morgan fingerprint density at radius 3 is 2.37 bits per heavy atom. The van der Waals surface area contributed by atoms with Crippen molar-refractivity contribution < 1.29 is 13.6 Å². The zero-order valence-corrected chi connectivity index (χ0v) is 11.1. The molecule has 0 saturated carbocycles. The Labute approximate surface area is 114 Å². The monoisotopic (exact) mass is 278 g/mol. The summed E-state index contributed by atoms with van der Waals surface area (Å²) >= 11 is 1.19. The Morgan fingerprint density at radius 2 is 1.74 bits per heavy atom. The van der Waals surface area contributed by atoms with Crippen LogP contribution >= 0.6 is 11.8 Å². The van der Waals surface area contributed by atoms with Crippen LogP contribution in [0.15, 0.2) is 47.4 Å². The zero-order chi connectivity index (χ0) is 13.8. The van der Waals surface area contributed by atoms with Gasteiger partial charge in [0.15, 0.2) is 17.4 Å². The molecule has 0 N–H and O–H groups in total. The predicted molar refractivity (Wildman–Crippen MR) is 72.6 cm³/mol. The van der Waals surface area contributed by atoms with E-state index in [0.717, 1.165) is 17.7 Å². The highest BCUT2D eigenvalue weighted by atomic mass is 32.2. The zero-order valence-electron chi connectivity index (χ0n) is 10.3. The molecule has 0 aromatic heterocycles. The van der Waals surface area contributed by atoms with E-state index in [9.17, 15) is 13.6 Å². The first-order valence-corrected chi connectivity index (χ1v) is 6.72. The number of aryl methyl sites for hydroxylation is 1. The Balaban J connectivity index is 2.00. The quantitative estimate of drug-likeness (QED) is 0.614. The van der Waals surface area contributed by atoms with Crippen LogP contribution in [0.4, 0.5) is 8.78 Å². The summed E-state index contributed by atoms with van der Waals surface area (Å²) < 4.78 is 25.7. The second-order valence-electron chi connectivity index (χ2n) is 4.15. The molecule has 0 atom stereocenters. The van der Waals surface area contributed by atoms with Crippen molar-refractivity contribution in [1.29, 1.82) is 0 Å². The summed E-state index contributed by atoms with van der Waals surface area (Å²) in [6.07, 6.45) is 0. The van der Waals surface area contributed by atoms with Crippen molar-refractivity contribution in [1.82, 2.24) is 0 Å². The molecule has 0 bridgehead atoms. The molecule has 0 unspecified atom stereocenters. The highest BCUT2D eigenvalue weighted by molar-refractivity contribution is 8.00. The summed E-state index contributed by atoms with van der Waals surface area (Å²) in [5, 5.41) is 0. The molecule has 19 heavy (non-hydrogen) atoms. The topological polar surface area (TPSA) is 17.1 Å². The number of carbonyl (C=O) groups is 1. The van der Waals surface area contributed by atoms with Crippen LogP contribution in [0, 0.1) is 18.6 Å². The number of halogens is 2. The van der Waals surface area contributed by atoms with E-state index in [2.05, 4.69) is 0 Å². The van der Waals surface area contributed by atoms with E-state index in [1.165, 1.54) is 17.8 Å². The normalized spacial score (nSPS) is 10.5. The predicted octanol–water partition coefficient (Wildman–Crippen LogP) is 4.25. The van der Waals surface area contributed by atoms with Crippen LogP contribution in [-0.2, 0) is 0 Å². The molecule has 2 rings (SSSR count). The molecule has 0 spiro atoms. The Bertz CT molecular complexity index is 594. The van der Waals surface area contributed by atoms with Crippen LogP contribution < -0.4 is 0 Å². The van der Waals surface area contributed by atoms with E-state index in [1.54, 1.807) is 12.1 Å². The Morgan fingerprint density at radius 1 is 1.05 bits per heavy atom. The third kappa shape index (κ3) is 3.64. The van der Waals surface area contributed by atoms with Gasteiger partial charge < -0.3 is 0 Å². The molecule has 0 aliphatic carbocycles. The highest BCUT2D eigenvalue weighted by Gasteiger charge is 2.08. The van der Waals surface area contributed by atoms with E-state index >= 15 is 0 Å². The molecule has 0 amide bonds. The molecule has 0 fully saturated rings. The molecule has 0 radical (unpaired) electrons. The van der Waals surface area contributed by atoms with Crippen molar-refractivity contribution in [3.63, 3.8) is 0 Å². The van der Waals surface area contributed by atoms with E-state index in [1.807, 2.05) is 19.1 Å². The average molecular weight is 278 g/mol. The molecule has 0 heterocycles. The first-order chi connectivity index (χ1) is 9.06. The number of thioether (sulfide) groups is 1. The first-order valence-electron chi connectivity index (χ1n) is 5.74. The van der Waals surface area contributed by atoms with Crippen LogP contribution in [-0.4, -0.2) is 11.5 Å². The van der Waals surface area contributed by atoms with Crippen molar-refractivity contribution in [3.05, 3.63) is 65.2 Å². The van der Waals surface area contributed by atoms with Gasteiger partial charge in [0, 0.05) is 10.5 Å². The molecule has 2 aromatic rings. The number of Topliss-reactive ketones (excluding diaryl/α,β-unsaturated/α-hetero) is 1. The minimum Gasteiger partial charge on any atom is -0.293 e. The molecular weight excluding hydrogens is 266 g/mol. The molecule has 0 aliphatic rings. The molecule has 1 nitrogen and oxygen atoms in total. The fourth-order valence-corrected chi connectivity index (χ4v) is 2.35. The number of hydrogen-bond acceptors (Lipinski definition) is 2. The van der Waals surface area contributed by atoms with E-state index in [-0.39, 0.29) is 11.5 Å². The lowest BCUT2D eigenvalue weighted by Gasteiger charge is -2.03. The lowest BCUT2D eigenvalue weighted by Crippen LogP contribution is -2.02. The van der Waals surface area contributed by atoms with Gasteiger partial charge in [-0.3, -0.25) is 4.79 Å². The number of benzene rings is 2. The lowest BCUT2D eigenvalue weighted by molar-refractivity contribution is 0.102. The third-order valence-electron chi connectivity index (χ3n) is 2.63. The van der Waals surface area contributed by atoms with Gasteiger partial charge in [-0.1, -0.05) is 29.8 Å². The van der Waals surface area contributed by atoms with Gasteiger partial charge in [0.25, 0.3) is 0 Å². The van der Waals surface area contributed by atoms with Gasteiger partial charge in [-0.2, -0.15) is 0 Å². The van der Waals surface area contributed by atoms with E-state index in [4.69, 9.17) is 0 Å². The standard InChI is InChI=1S/C15H12F2OS/c1-10-2-4-11(5-3-10)15(18)9-19-12-6-7-13(16)14(17)8-12/h2-8H,9H2,1H3. The summed E-state index contributed by atoms with van der Waals surface area (Å²) in [4.78, 5) is 12.4. The fraction of sp³-hybridized carbons (Fsp3) is 0.133. The summed E-state index contributed by atoms with van der Waals surface area (Å²) in [5.41, 5.74) is 1.71. The van der Waals surface area contributed by atoms with Gasteiger partial charge in [0.05, 0.1) is 5.75 Å². The minimum absolute atomic E-state index is 0.0327. The van der Waals surface area contributed by atoms with Gasteiger partial charge in [-0.15, -0.1) is 11.8 Å². The summed E-state index contributed by atoms with van der Waals surface area (Å²) in [6, 6.07) is 10.9. The maximum Gasteiger partial charge on any atom is 0.173 e. The van der Waals surface area contributed by atoms with Gasteiger partial charge in [0.1, 0.15) is 0 Å². The summed E-state index contributed by atoms with van der Waals surface area (Å²) in [5.74, 6) is -1.61. The average Bonchev–Trinajstić information content (AvgIpc) is 2.40. The Kier molecular flexibility index (Phi) is 4.32. The second kappa shape index (κ2) is 5.97. The molecule has 98 valence electrons. The fourth-order valence-electron chi connectivity index (χ4n) is 1.54. The summed E-state index contributed by atoms with van der Waals surface area (Å²) in [7, 11) is 0. The van der Waals surface area contributed by atoms with Crippen molar-refractivity contribution in [2.24, 2.45) is 0 Å². The van der Waals surface area contributed by atoms with Crippen LogP contribution in [0.5, 0.6) is 0 Å². The van der Waals surface area contributed by atoms with Crippen LogP contribution in [0.1, 0.15) is 15.9 Å². The number of hydrogen-bond donors (Lipinski definition) is 0. The van der Waals surface area contributed by atoms with Crippen molar-refractivity contribution in [2.75, 3.05) is 5.75 Å². The van der Waals surface area contributed by atoms with Gasteiger partial charge in [0.2, 0.25) is 0 Å². The van der Waals surface area contributed by atoms with Crippen molar-refractivity contribution in [3.8, 4) is 0 Å². The highest BCUT2D eigenvalue weighted by Crippen LogP contribution is 2.21. The third-order valence-corrected chi connectivity index (χ3v) is 3.63. The second-order valence-corrected chi connectivity index (χ2v) is 5.20. The van der Waals surface area contributed by atoms with Gasteiger partial charge >= 0.3 is 0 Å². The molecule has 4 heteroatoms. The molecular formula is C15H12F2OS. The van der Waals surface area contributed by atoms with Crippen LogP contribution in [0.3, 0.4) is 0 Å². The van der Waals surface area contributed by atoms with Crippen LogP contribution in [0.25, 0.3) is 0 Å².